The van der Waals surface area contributed by atoms with Crippen molar-refractivity contribution in [3.8, 4) is 0 Å². The lowest BCUT2D eigenvalue weighted by Gasteiger charge is -2.24. The molecule has 0 amide bonds. The monoisotopic (exact) mass is 226 g/mol. The lowest BCUT2D eigenvalue weighted by Crippen LogP contribution is -2.27. The molecular formula is C11H22N4O. The number of aromatic nitrogens is 3. The summed E-state index contributed by atoms with van der Waals surface area (Å²) < 4.78 is 7.17. The Balaban J connectivity index is 2.88. The van der Waals surface area contributed by atoms with Crippen molar-refractivity contribution in [3.05, 3.63) is 11.6 Å². The molecule has 0 aromatic carbocycles. The summed E-state index contributed by atoms with van der Waals surface area (Å²) in [6.07, 6.45) is 1.83. The van der Waals surface area contributed by atoms with Crippen LogP contribution in [-0.4, -0.2) is 28.5 Å². The van der Waals surface area contributed by atoms with Crippen molar-refractivity contribution < 1.29 is 4.74 Å². The molecule has 5 heteroatoms. The third kappa shape index (κ3) is 3.02. The van der Waals surface area contributed by atoms with Crippen LogP contribution in [0.5, 0.6) is 0 Å². The second kappa shape index (κ2) is 5.41. The Morgan fingerprint density at radius 3 is 2.38 bits per heavy atom. The van der Waals surface area contributed by atoms with Crippen LogP contribution in [0.3, 0.4) is 0 Å². The Labute approximate surface area is 97.0 Å². The molecule has 1 aromatic rings. The fraction of sp³-hybridized carbons (Fsp3) is 0.818. The van der Waals surface area contributed by atoms with Gasteiger partial charge in [-0.15, -0.1) is 10.2 Å². The van der Waals surface area contributed by atoms with Crippen LogP contribution in [0.4, 0.5) is 0 Å². The van der Waals surface area contributed by atoms with Gasteiger partial charge in [-0.3, -0.25) is 0 Å². The van der Waals surface area contributed by atoms with Gasteiger partial charge in [-0.1, -0.05) is 0 Å². The third-order valence-corrected chi connectivity index (χ3v) is 2.40. The van der Waals surface area contributed by atoms with Crippen molar-refractivity contribution in [2.75, 3.05) is 13.7 Å². The van der Waals surface area contributed by atoms with Crippen LogP contribution in [-0.2, 0) is 23.2 Å². The first kappa shape index (κ1) is 13.1. The number of methoxy groups -OCH3 is 1. The van der Waals surface area contributed by atoms with E-state index in [1.807, 2.05) is 0 Å². The molecule has 1 heterocycles. The van der Waals surface area contributed by atoms with E-state index in [1.54, 1.807) is 7.11 Å². The van der Waals surface area contributed by atoms with Gasteiger partial charge in [-0.25, -0.2) is 0 Å². The first-order chi connectivity index (χ1) is 7.50. The maximum atomic E-state index is 5.67. The largest absolute Gasteiger partial charge is 0.385 e. The molecule has 0 fully saturated rings. The Morgan fingerprint density at radius 2 is 1.88 bits per heavy atom. The molecule has 2 N–H and O–H groups in total. The molecule has 0 saturated carbocycles. The number of hydrogen-bond acceptors (Lipinski definition) is 4. The minimum atomic E-state index is -0.0272. The molecule has 0 radical (unpaired) electrons. The molecule has 0 bridgehead atoms. The second-order valence-electron chi connectivity index (χ2n) is 4.84. The van der Waals surface area contributed by atoms with Gasteiger partial charge >= 0.3 is 0 Å². The van der Waals surface area contributed by atoms with Crippen molar-refractivity contribution in [1.82, 2.24) is 14.8 Å². The molecule has 1 rings (SSSR count). The lowest BCUT2D eigenvalue weighted by atomic mass is 10.1. The molecule has 0 saturated heterocycles. The van der Waals surface area contributed by atoms with Gasteiger partial charge in [0.05, 0.1) is 6.54 Å². The summed E-state index contributed by atoms with van der Waals surface area (Å²) in [5, 5.41) is 8.33. The van der Waals surface area contributed by atoms with Crippen molar-refractivity contribution >= 4 is 0 Å². The molecule has 92 valence electrons. The molecule has 0 aliphatic heterocycles. The zero-order valence-electron chi connectivity index (χ0n) is 10.7. The quantitative estimate of drug-likeness (QED) is 0.763. The average Bonchev–Trinajstić information content (AvgIpc) is 2.61. The molecule has 0 aliphatic carbocycles. The summed E-state index contributed by atoms with van der Waals surface area (Å²) in [5.74, 6) is 1.84. The Morgan fingerprint density at radius 1 is 1.25 bits per heavy atom. The van der Waals surface area contributed by atoms with Gasteiger partial charge in [0.15, 0.2) is 0 Å². The number of rotatable bonds is 5. The van der Waals surface area contributed by atoms with Crippen molar-refractivity contribution in [2.24, 2.45) is 5.73 Å². The summed E-state index contributed by atoms with van der Waals surface area (Å²) in [4.78, 5) is 0. The van der Waals surface area contributed by atoms with E-state index in [2.05, 4.69) is 35.5 Å². The number of nitrogens with two attached hydrogens (primary N) is 1. The van der Waals surface area contributed by atoms with Gasteiger partial charge in [0, 0.05) is 25.7 Å². The molecule has 0 aliphatic rings. The van der Waals surface area contributed by atoms with Crippen LogP contribution < -0.4 is 5.73 Å². The Kier molecular flexibility index (Phi) is 4.44. The van der Waals surface area contributed by atoms with Gasteiger partial charge in [0.25, 0.3) is 0 Å². The fourth-order valence-corrected chi connectivity index (χ4v) is 1.80. The minimum absolute atomic E-state index is 0.0272. The number of aryl methyl sites for hydroxylation is 1. The molecular weight excluding hydrogens is 204 g/mol. The summed E-state index contributed by atoms with van der Waals surface area (Å²) in [7, 11) is 1.71. The average molecular weight is 226 g/mol. The fourth-order valence-electron chi connectivity index (χ4n) is 1.80. The molecule has 0 unspecified atom stereocenters. The minimum Gasteiger partial charge on any atom is -0.385 e. The second-order valence-corrected chi connectivity index (χ2v) is 4.84. The number of nitrogens with zero attached hydrogens (tertiary/aromatic N) is 3. The SMILES string of the molecule is COCCCc1nnc(CN)n1C(C)(C)C. The molecule has 16 heavy (non-hydrogen) atoms. The summed E-state index contributed by atoms with van der Waals surface area (Å²) in [6, 6.07) is 0. The van der Waals surface area contributed by atoms with Crippen LogP contribution in [0.15, 0.2) is 0 Å². The first-order valence-electron chi connectivity index (χ1n) is 5.63. The highest BCUT2D eigenvalue weighted by Gasteiger charge is 2.21. The van der Waals surface area contributed by atoms with Crippen molar-refractivity contribution in [3.63, 3.8) is 0 Å². The van der Waals surface area contributed by atoms with Crippen molar-refractivity contribution in [1.29, 1.82) is 0 Å². The van der Waals surface area contributed by atoms with E-state index in [4.69, 9.17) is 10.5 Å². The van der Waals surface area contributed by atoms with E-state index in [0.717, 1.165) is 31.1 Å². The van der Waals surface area contributed by atoms with Gasteiger partial charge < -0.3 is 15.0 Å². The predicted octanol–water partition coefficient (Wildman–Crippen LogP) is 1.07. The van der Waals surface area contributed by atoms with Crippen LogP contribution >= 0.6 is 0 Å². The summed E-state index contributed by atoms with van der Waals surface area (Å²) in [6.45, 7) is 7.57. The van der Waals surface area contributed by atoms with E-state index < -0.39 is 0 Å². The van der Waals surface area contributed by atoms with Gasteiger partial charge in [-0.05, 0) is 27.2 Å². The van der Waals surface area contributed by atoms with E-state index >= 15 is 0 Å². The lowest BCUT2D eigenvalue weighted by molar-refractivity contribution is 0.193. The maximum absolute atomic E-state index is 5.67. The highest BCUT2D eigenvalue weighted by atomic mass is 16.5. The zero-order valence-corrected chi connectivity index (χ0v) is 10.7. The molecule has 1 aromatic heterocycles. The van der Waals surface area contributed by atoms with E-state index in [0.29, 0.717) is 6.54 Å². The van der Waals surface area contributed by atoms with Gasteiger partial charge in [-0.2, -0.15) is 0 Å². The van der Waals surface area contributed by atoms with E-state index in [9.17, 15) is 0 Å². The van der Waals surface area contributed by atoms with Gasteiger partial charge in [0.1, 0.15) is 11.6 Å². The number of hydrogen-bond donors (Lipinski definition) is 1. The molecule has 5 nitrogen and oxygen atoms in total. The molecule has 0 spiro atoms. The first-order valence-corrected chi connectivity index (χ1v) is 5.63. The van der Waals surface area contributed by atoms with Gasteiger partial charge in [0.2, 0.25) is 0 Å². The molecule has 0 atom stereocenters. The van der Waals surface area contributed by atoms with Crippen LogP contribution in [0.2, 0.25) is 0 Å². The highest BCUT2D eigenvalue weighted by Crippen LogP contribution is 2.19. The van der Waals surface area contributed by atoms with E-state index in [1.165, 1.54) is 0 Å². The Hall–Kier alpha value is -0.940. The summed E-state index contributed by atoms with van der Waals surface area (Å²) in [5.41, 5.74) is 5.64. The summed E-state index contributed by atoms with van der Waals surface area (Å²) >= 11 is 0. The third-order valence-electron chi connectivity index (χ3n) is 2.40. The van der Waals surface area contributed by atoms with Crippen molar-refractivity contribution in [2.45, 2.75) is 45.7 Å². The maximum Gasteiger partial charge on any atom is 0.147 e. The number of ether oxygens (including phenoxy) is 1. The smallest absolute Gasteiger partial charge is 0.147 e. The highest BCUT2D eigenvalue weighted by molar-refractivity contribution is 5.01. The normalized spacial score (nSPS) is 12.1. The van der Waals surface area contributed by atoms with Crippen LogP contribution in [0, 0.1) is 0 Å². The van der Waals surface area contributed by atoms with Crippen LogP contribution in [0.25, 0.3) is 0 Å². The van der Waals surface area contributed by atoms with E-state index in [-0.39, 0.29) is 5.54 Å². The zero-order chi connectivity index (χ0) is 12.2. The van der Waals surface area contributed by atoms with Crippen LogP contribution in [0.1, 0.15) is 38.8 Å². The Bertz CT molecular complexity index is 327. The topological polar surface area (TPSA) is 66.0 Å². The predicted molar refractivity (Wildman–Crippen MR) is 63.1 cm³/mol. The standard InChI is InChI=1S/C11H22N4O/c1-11(2,3)15-9(6-5-7-16-4)13-14-10(15)8-12/h5-8,12H2,1-4H3.